The summed E-state index contributed by atoms with van der Waals surface area (Å²) < 4.78 is 0. The first-order valence-corrected chi connectivity index (χ1v) is 6.43. The van der Waals surface area contributed by atoms with E-state index in [2.05, 4.69) is 5.10 Å². The van der Waals surface area contributed by atoms with Crippen molar-refractivity contribution in [3.05, 3.63) is 70.7 Å². The highest BCUT2D eigenvalue weighted by atomic mass is 35.5. The second-order valence-corrected chi connectivity index (χ2v) is 4.67. The third-order valence-electron chi connectivity index (χ3n) is 2.76. The molecule has 0 amide bonds. The maximum Gasteiger partial charge on any atom is 0.209 e. The molecule has 2 aromatic rings. The number of guanidine groups is 1. The number of nitrogens with zero attached hydrogens (tertiary/aromatic N) is 2. The quantitative estimate of drug-likeness (QED) is 0.517. The first-order valence-electron chi connectivity index (χ1n) is 6.05. The van der Waals surface area contributed by atoms with Gasteiger partial charge in [-0.15, -0.1) is 12.4 Å². The molecule has 0 spiro atoms. The SMILES string of the molecule is CN(/N=C(/c1ccccc1)c1ccc(Cl)cc1)C(=N)N.Cl. The van der Waals surface area contributed by atoms with Crippen LogP contribution in [0.1, 0.15) is 11.1 Å². The molecule has 0 unspecified atom stereocenters. The van der Waals surface area contributed by atoms with Crippen LogP contribution in [0.4, 0.5) is 0 Å². The fourth-order valence-corrected chi connectivity index (χ4v) is 1.82. The van der Waals surface area contributed by atoms with E-state index >= 15 is 0 Å². The van der Waals surface area contributed by atoms with E-state index in [0.717, 1.165) is 16.8 Å². The number of nitrogens with two attached hydrogens (primary N) is 1. The number of nitrogens with one attached hydrogen (secondary N) is 1. The lowest BCUT2D eigenvalue weighted by atomic mass is 10.0. The lowest BCUT2D eigenvalue weighted by Gasteiger charge is -2.14. The zero-order valence-electron chi connectivity index (χ0n) is 11.5. The molecule has 0 aromatic heterocycles. The van der Waals surface area contributed by atoms with Crippen LogP contribution < -0.4 is 5.73 Å². The fraction of sp³-hybridized carbons (Fsp3) is 0.0667. The van der Waals surface area contributed by atoms with Crippen molar-refractivity contribution in [2.75, 3.05) is 7.05 Å². The van der Waals surface area contributed by atoms with E-state index in [-0.39, 0.29) is 18.4 Å². The molecule has 110 valence electrons. The van der Waals surface area contributed by atoms with Crippen LogP contribution in [-0.4, -0.2) is 23.7 Å². The van der Waals surface area contributed by atoms with Crippen LogP contribution in [0.3, 0.4) is 0 Å². The van der Waals surface area contributed by atoms with Crippen LogP contribution in [0.15, 0.2) is 59.7 Å². The molecule has 3 N–H and O–H groups in total. The zero-order valence-corrected chi connectivity index (χ0v) is 13.0. The van der Waals surface area contributed by atoms with Crippen molar-refractivity contribution in [3.63, 3.8) is 0 Å². The highest BCUT2D eigenvalue weighted by molar-refractivity contribution is 6.30. The Hall–Kier alpha value is -2.04. The van der Waals surface area contributed by atoms with Crippen molar-refractivity contribution in [2.24, 2.45) is 10.8 Å². The largest absolute Gasteiger partial charge is 0.369 e. The van der Waals surface area contributed by atoms with Gasteiger partial charge in [0.05, 0.1) is 5.71 Å². The average molecular weight is 323 g/mol. The highest BCUT2D eigenvalue weighted by Crippen LogP contribution is 2.15. The molecule has 0 atom stereocenters. The van der Waals surface area contributed by atoms with Crippen LogP contribution in [0, 0.1) is 5.41 Å². The summed E-state index contributed by atoms with van der Waals surface area (Å²) in [7, 11) is 1.64. The van der Waals surface area contributed by atoms with E-state index in [1.54, 1.807) is 7.05 Å². The van der Waals surface area contributed by atoms with Gasteiger partial charge < -0.3 is 5.73 Å². The first kappa shape index (κ1) is 17.0. The molecule has 0 aliphatic rings. The topological polar surface area (TPSA) is 65.5 Å². The molecule has 0 radical (unpaired) electrons. The van der Waals surface area contributed by atoms with E-state index < -0.39 is 0 Å². The van der Waals surface area contributed by atoms with Crippen LogP contribution in [-0.2, 0) is 0 Å². The Kier molecular flexibility index (Phi) is 6.21. The van der Waals surface area contributed by atoms with E-state index in [1.165, 1.54) is 5.01 Å². The minimum Gasteiger partial charge on any atom is -0.369 e. The number of hydrogen-bond donors (Lipinski definition) is 2. The lowest BCUT2D eigenvalue weighted by molar-refractivity contribution is 0.534. The van der Waals surface area contributed by atoms with Gasteiger partial charge in [-0.3, -0.25) is 5.41 Å². The molecular weight excluding hydrogens is 307 g/mol. The number of benzene rings is 2. The molecule has 6 heteroatoms. The third kappa shape index (κ3) is 4.48. The summed E-state index contributed by atoms with van der Waals surface area (Å²) >= 11 is 5.91. The predicted molar refractivity (Wildman–Crippen MR) is 90.5 cm³/mol. The van der Waals surface area contributed by atoms with E-state index in [0.29, 0.717) is 5.02 Å². The standard InChI is InChI=1S/C15H15ClN4.ClH/c1-20(15(17)18)19-14(11-5-3-2-4-6-11)12-7-9-13(16)10-8-12;/h2-10H,1H3,(H3,17,18);1H/b19-14-;. The van der Waals surface area contributed by atoms with Crippen molar-refractivity contribution in [2.45, 2.75) is 0 Å². The smallest absolute Gasteiger partial charge is 0.209 e. The molecular formula is C15H16Cl2N4. The Morgan fingerprint density at radius 2 is 1.57 bits per heavy atom. The molecule has 0 fully saturated rings. The molecule has 21 heavy (non-hydrogen) atoms. The van der Waals surface area contributed by atoms with E-state index in [9.17, 15) is 0 Å². The molecule has 2 aromatic carbocycles. The van der Waals surface area contributed by atoms with Crippen LogP contribution >= 0.6 is 24.0 Å². The lowest BCUT2D eigenvalue weighted by Crippen LogP contribution is -2.29. The van der Waals surface area contributed by atoms with Gasteiger partial charge in [-0.25, -0.2) is 5.01 Å². The maximum absolute atomic E-state index is 7.43. The molecule has 0 aliphatic carbocycles. The van der Waals surface area contributed by atoms with Crippen molar-refractivity contribution < 1.29 is 0 Å². The minimum atomic E-state index is -0.118. The molecule has 0 bridgehead atoms. The molecule has 0 saturated heterocycles. The Morgan fingerprint density at radius 1 is 1.05 bits per heavy atom. The van der Waals surface area contributed by atoms with Gasteiger partial charge in [0.2, 0.25) is 5.96 Å². The molecule has 0 aliphatic heterocycles. The Labute approximate surface area is 135 Å². The highest BCUT2D eigenvalue weighted by Gasteiger charge is 2.09. The van der Waals surface area contributed by atoms with E-state index in [4.69, 9.17) is 22.7 Å². The van der Waals surface area contributed by atoms with Crippen molar-refractivity contribution in [1.29, 1.82) is 5.41 Å². The zero-order chi connectivity index (χ0) is 14.5. The van der Waals surface area contributed by atoms with Gasteiger partial charge in [0.1, 0.15) is 0 Å². The Balaban J connectivity index is 0.00000220. The normalized spacial score (nSPS) is 10.7. The van der Waals surface area contributed by atoms with Crippen LogP contribution in [0.5, 0.6) is 0 Å². The second kappa shape index (κ2) is 7.67. The van der Waals surface area contributed by atoms with E-state index in [1.807, 2.05) is 54.6 Å². The van der Waals surface area contributed by atoms with Gasteiger partial charge in [-0.2, -0.15) is 5.10 Å². The summed E-state index contributed by atoms with van der Waals surface area (Å²) in [6.45, 7) is 0. The minimum absolute atomic E-state index is 0. The van der Waals surface area contributed by atoms with Crippen LogP contribution in [0.2, 0.25) is 5.02 Å². The number of halogens is 2. The van der Waals surface area contributed by atoms with Gasteiger partial charge in [0, 0.05) is 23.2 Å². The Bertz CT molecular complexity index is 624. The van der Waals surface area contributed by atoms with Gasteiger partial charge in [-0.1, -0.05) is 54.1 Å². The predicted octanol–water partition coefficient (Wildman–Crippen LogP) is 3.34. The molecule has 0 heterocycles. The molecule has 4 nitrogen and oxygen atoms in total. The van der Waals surface area contributed by atoms with Crippen molar-refractivity contribution in [1.82, 2.24) is 5.01 Å². The second-order valence-electron chi connectivity index (χ2n) is 4.23. The number of rotatable bonds is 3. The maximum atomic E-state index is 7.43. The summed E-state index contributed by atoms with van der Waals surface area (Å²) in [5.74, 6) is -0.118. The average Bonchev–Trinajstić information content (AvgIpc) is 2.46. The number of hydrazone groups is 1. The van der Waals surface area contributed by atoms with Gasteiger partial charge in [-0.05, 0) is 12.1 Å². The monoisotopic (exact) mass is 322 g/mol. The first-order chi connectivity index (χ1) is 9.58. The summed E-state index contributed by atoms with van der Waals surface area (Å²) in [4.78, 5) is 0. The summed E-state index contributed by atoms with van der Waals surface area (Å²) in [6.07, 6.45) is 0. The molecule has 0 saturated carbocycles. The number of hydrogen-bond acceptors (Lipinski definition) is 2. The van der Waals surface area contributed by atoms with Crippen LogP contribution in [0.25, 0.3) is 0 Å². The summed E-state index contributed by atoms with van der Waals surface area (Å²) in [5.41, 5.74) is 8.04. The van der Waals surface area contributed by atoms with Gasteiger partial charge in [0.25, 0.3) is 0 Å². The van der Waals surface area contributed by atoms with Gasteiger partial charge in [0.15, 0.2) is 0 Å². The third-order valence-corrected chi connectivity index (χ3v) is 3.02. The summed E-state index contributed by atoms with van der Waals surface area (Å²) in [5, 5.41) is 13.8. The van der Waals surface area contributed by atoms with Gasteiger partial charge >= 0.3 is 0 Å². The fourth-order valence-electron chi connectivity index (χ4n) is 1.69. The Morgan fingerprint density at radius 3 is 2.10 bits per heavy atom. The van der Waals surface area contributed by atoms with Crippen molar-refractivity contribution in [3.8, 4) is 0 Å². The van der Waals surface area contributed by atoms with Crippen molar-refractivity contribution >= 4 is 35.7 Å². The summed E-state index contributed by atoms with van der Waals surface area (Å²) in [6, 6.07) is 17.1. The molecule has 2 rings (SSSR count).